The number of hydrogen-bond donors (Lipinski definition) is 0. The topological polar surface area (TPSA) is 58.0 Å². The van der Waals surface area contributed by atoms with Crippen molar-refractivity contribution < 1.29 is 4.74 Å². The molecule has 0 N–H and O–H groups in total. The van der Waals surface area contributed by atoms with Gasteiger partial charge in [0.1, 0.15) is 11.9 Å². The van der Waals surface area contributed by atoms with Crippen LogP contribution in [0.15, 0.2) is 23.3 Å². The van der Waals surface area contributed by atoms with Crippen molar-refractivity contribution in [1.82, 2.24) is 0 Å². The van der Waals surface area contributed by atoms with E-state index in [0.717, 1.165) is 17.7 Å². The molecule has 4 nitrogen and oxygen atoms in total. The molecule has 0 aliphatic carbocycles. The van der Waals surface area contributed by atoms with E-state index in [9.17, 15) is 0 Å². The first-order chi connectivity index (χ1) is 6.79. The third-order valence-electron chi connectivity index (χ3n) is 2.11. The molecule has 72 valence electrons. The highest BCUT2D eigenvalue weighted by molar-refractivity contribution is 6.30. The Balaban J connectivity index is 2.13. The van der Waals surface area contributed by atoms with Crippen LogP contribution >= 0.6 is 11.6 Å². The average molecular weight is 210 g/mol. The predicted octanol–water partition coefficient (Wildman–Crippen LogP) is 2.95. The normalized spacial score (nSPS) is 18.2. The van der Waals surface area contributed by atoms with Crippen LogP contribution in [-0.4, -0.2) is 12.6 Å². The zero-order chi connectivity index (χ0) is 9.97. The number of hydrogen-bond acceptors (Lipinski definition) is 2. The molecule has 0 saturated heterocycles. The third kappa shape index (κ3) is 1.76. The Labute approximate surface area is 86.1 Å². The fourth-order valence-electron chi connectivity index (χ4n) is 1.52. The number of fused-ring (bicyclic) bond motifs is 1. The van der Waals surface area contributed by atoms with Crippen LogP contribution < -0.4 is 4.74 Å². The summed E-state index contributed by atoms with van der Waals surface area (Å²) < 4.78 is 5.54. The second-order valence-corrected chi connectivity index (χ2v) is 3.55. The van der Waals surface area contributed by atoms with Gasteiger partial charge in [0.2, 0.25) is 0 Å². The second kappa shape index (κ2) is 3.78. The van der Waals surface area contributed by atoms with Crippen LogP contribution in [0.4, 0.5) is 0 Å². The molecule has 1 aliphatic rings. The summed E-state index contributed by atoms with van der Waals surface area (Å²) in [5, 5.41) is 4.19. The fourth-order valence-corrected chi connectivity index (χ4v) is 1.71. The summed E-state index contributed by atoms with van der Waals surface area (Å²) in [6.07, 6.45) is 0.717. The lowest BCUT2D eigenvalue weighted by atomic mass is 10.1. The minimum Gasteiger partial charge on any atom is -0.490 e. The molecule has 0 saturated carbocycles. The average Bonchev–Trinajstić information content (AvgIpc) is 2.56. The van der Waals surface area contributed by atoms with Gasteiger partial charge in [-0.05, 0) is 29.3 Å². The van der Waals surface area contributed by atoms with Gasteiger partial charge in [-0.15, -0.1) is 0 Å². The number of benzene rings is 1. The molecule has 0 amide bonds. The molecular formula is C9H8ClN3O. The third-order valence-corrected chi connectivity index (χ3v) is 2.35. The van der Waals surface area contributed by atoms with Gasteiger partial charge in [0.15, 0.2) is 0 Å². The molecule has 0 aromatic heterocycles. The Bertz CT molecular complexity index is 401. The fraction of sp³-hybridized carbons (Fsp3) is 0.333. The van der Waals surface area contributed by atoms with Gasteiger partial charge in [0.05, 0.1) is 6.54 Å². The van der Waals surface area contributed by atoms with Crippen LogP contribution in [0, 0.1) is 0 Å². The lowest BCUT2D eigenvalue weighted by Crippen LogP contribution is -2.16. The zero-order valence-electron chi connectivity index (χ0n) is 7.35. The quantitative estimate of drug-likeness (QED) is 0.420. The monoisotopic (exact) mass is 209 g/mol. The first kappa shape index (κ1) is 9.19. The molecule has 1 aliphatic heterocycles. The van der Waals surface area contributed by atoms with E-state index in [4.69, 9.17) is 21.9 Å². The molecule has 14 heavy (non-hydrogen) atoms. The van der Waals surface area contributed by atoms with Gasteiger partial charge in [0, 0.05) is 16.4 Å². The molecule has 1 aromatic carbocycles. The summed E-state index contributed by atoms with van der Waals surface area (Å²) in [6.45, 7) is 0.364. The Morgan fingerprint density at radius 1 is 1.64 bits per heavy atom. The van der Waals surface area contributed by atoms with E-state index < -0.39 is 0 Å². The summed E-state index contributed by atoms with van der Waals surface area (Å²) in [4.78, 5) is 2.70. The van der Waals surface area contributed by atoms with Gasteiger partial charge in [-0.3, -0.25) is 0 Å². The maximum Gasteiger partial charge on any atom is 0.123 e. The van der Waals surface area contributed by atoms with Crippen molar-refractivity contribution in [3.63, 3.8) is 0 Å². The van der Waals surface area contributed by atoms with Crippen molar-refractivity contribution in [3.8, 4) is 5.75 Å². The van der Waals surface area contributed by atoms with Crippen LogP contribution in [0.2, 0.25) is 5.02 Å². The first-order valence-corrected chi connectivity index (χ1v) is 4.63. The zero-order valence-corrected chi connectivity index (χ0v) is 8.11. The van der Waals surface area contributed by atoms with Crippen LogP contribution in [0.3, 0.4) is 0 Å². The number of ether oxygens (including phenoxy) is 1. The Morgan fingerprint density at radius 2 is 2.50 bits per heavy atom. The van der Waals surface area contributed by atoms with E-state index in [1.807, 2.05) is 12.1 Å². The SMILES string of the molecule is [N-]=[N+]=NC[C@@H]1Cc2cc(Cl)ccc2O1. The molecule has 2 rings (SSSR count). The summed E-state index contributed by atoms with van der Waals surface area (Å²) in [5.74, 6) is 0.840. The van der Waals surface area contributed by atoms with Crippen molar-refractivity contribution in [2.75, 3.05) is 6.54 Å². The summed E-state index contributed by atoms with van der Waals surface area (Å²) in [6, 6.07) is 5.51. The molecule has 0 spiro atoms. The van der Waals surface area contributed by atoms with Gasteiger partial charge >= 0.3 is 0 Å². The standard InChI is InChI=1S/C9H8ClN3O/c10-7-1-2-9-6(3-7)4-8(14-9)5-12-13-11/h1-3,8H,4-5H2/t8-/m0/s1. The molecule has 0 radical (unpaired) electrons. The van der Waals surface area contributed by atoms with Crippen LogP contribution in [0.5, 0.6) is 5.75 Å². The van der Waals surface area contributed by atoms with Crippen molar-refractivity contribution in [1.29, 1.82) is 0 Å². The summed E-state index contributed by atoms with van der Waals surface area (Å²) in [7, 11) is 0. The predicted molar refractivity (Wildman–Crippen MR) is 53.6 cm³/mol. The summed E-state index contributed by atoms with van der Waals surface area (Å²) in [5.41, 5.74) is 9.25. The van der Waals surface area contributed by atoms with E-state index >= 15 is 0 Å². The Hall–Kier alpha value is -1.38. The van der Waals surface area contributed by atoms with E-state index in [1.165, 1.54) is 0 Å². The number of azide groups is 1. The van der Waals surface area contributed by atoms with Crippen molar-refractivity contribution in [2.45, 2.75) is 12.5 Å². The van der Waals surface area contributed by atoms with Gasteiger partial charge in [-0.2, -0.15) is 0 Å². The van der Waals surface area contributed by atoms with E-state index in [0.29, 0.717) is 11.6 Å². The Kier molecular flexibility index (Phi) is 2.48. The van der Waals surface area contributed by atoms with E-state index in [-0.39, 0.29) is 6.10 Å². The Morgan fingerprint density at radius 3 is 3.29 bits per heavy atom. The first-order valence-electron chi connectivity index (χ1n) is 4.25. The summed E-state index contributed by atoms with van der Waals surface area (Å²) >= 11 is 5.84. The minimum atomic E-state index is -0.0423. The maximum absolute atomic E-state index is 8.17. The molecule has 1 heterocycles. The molecule has 1 aromatic rings. The van der Waals surface area contributed by atoms with E-state index in [1.54, 1.807) is 6.07 Å². The maximum atomic E-state index is 8.17. The highest BCUT2D eigenvalue weighted by Crippen LogP contribution is 2.30. The molecule has 0 fully saturated rings. The van der Waals surface area contributed by atoms with Crippen LogP contribution in [0.1, 0.15) is 5.56 Å². The molecule has 5 heteroatoms. The van der Waals surface area contributed by atoms with Gasteiger partial charge < -0.3 is 4.74 Å². The van der Waals surface area contributed by atoms with Crippen molar-refractivity contribution in [2.24, 2.45) is 5.11 Å². The molecular weight excluding hydrogens is 202 g/mol. The number of rotatable bonds is 2. The van der Waals surface area contributed by atoms with E-state index in [2.05, 4.69) is 10.0 Å². The van der Waals surface area contributed by atoms with Gasteiger partial charge in [-0.25, -0.2) is 0 Å². The van der Waals surface area contributed by atoms with Gasteiger partial charge in [-0.1, -0.05) is 16.7 Å². The smallest absolute Gasteiger partial charge is 0.123 e. The highest BCUT2D eigenvalue weighted by Gasteiger charge is 2.21. The van der Waals surface area contributed by atoms with Crippen LogP contribution in [-0.2, 0) is 6.42 Å². The van der Waals surface area contributed by atoms with Crippen LogP contribution in [0.25, 0.3) is 10.4 Å². The molecule has 1 atom stereocenters. The van der Waals surface area contributed by atoms with Crippen molar-refractivity contribution >= 4 is 11.6 Å². The van der Waals surface area contributed by atoms with Gasteiger partial charge in [0.25, 0.3) is 0 Å². The number of nitrogens with zero attached hydrogens (tertiary/aromatic N) is 3. The number of halogens is 1. The van der Waals surface area contributed by atoms with Crippen molar-refractivity contribution in [3.05, 3.63) is 39.2 Å². The lowest BCUT2D eigenvalue weighted by Gasteiger charge is -2.05. The second-order valence-electron chi connectivity index (χ2n) is 3.11. The minimum absolute atomic E-state index is 0.0423. The largest absolute Gasteiger partial charge is 0.490 e. The molecule has 0 bridgehead atoms. The highest BCUT2D eigenvalue weighted by atomic mass is 35.5. The lowest BCUT2D eigenvalue weighted by molar-refractivity contribution is 0.241. The molecule has 0 unspecified atom stereocenters.